The number of amides is 1. The van der Waals surface area contributed by atoms with Gasteiger partial charge in [0, 0.05) is 32.6 Å². The molecule has 0 spiro atoms. The van der Waals surface area contributed by atoms with Crippen LogP contribution in [0.1, 0.15) is 39.0 Å². The third-order valence-electron chi connectivity index (χ3n) is 4.24. The topological polar surface area (TPSA) is 62.5 Å². The Balaban J connectivity index is 1.85. The van der Waals surface area contributed by atoms with E-state index >= 15 is 0 Å². The molecule has 2 rings (SSSR count). The molecule has 1 saturated heterocycles. The van der Waals surface area contributed by atoms with Gasteiger partial charge in [-0.2, -0.15) is 0 Å². The Bertz CT molecular complexity index is 452. The summed E-state index contributed by atoms with van der Waals surface area (Å²) in [5, 5.41) is 0. The van der Waals surface area contributed by atoms with Gasteiger partial charge < -0.3 is 15.5 Å². The predicted molar refractivity (Wildman–Crippen MR) is 86.2 cm³/mol. The molecule has 1 aromatic heterocycles. The van der Waals surface area contributed by atoms with E-state index in [2.05, 4.69) is 16.8 Å². The molecule has 2 heterocycles. The summed E-state index contributed by atoms with van der Waals surface area (Å²) in [6.07, 6.45) is 6.42. The summed E-state index contributed by atoms with van der Waals surface area (Å²) in [6.45, 7) is 3.99. The van der Waals surface area contributed by atoms with Crippen molar-refractivity contribution in [1.82, 2.24) is 9.88 Å². The molecule has 0 bridgehead atoms. The van der Waals surface area contributed by atoms with Crippen molar-refractivity contribution in [3.8, 4) is 0 Å². The van der Waals surface area contributed by atoms with Crippen LogP contribution in [0.5, 0.6) is 0 Å². The summed E-state index contributed by atoms with van der Waals surface area (Å²) in [7, 11) is 1.94. The van der Waals surface area contributed by atoms with Crippen LogP contribution < -0.4 is 10.6 Å². The van der Waals surface area contributed by atoms with Gasteiger partial charge in [0.2, 0.25) is 5.91 Å². The fourth-order valence-corrected chi connectivity index (χ4v) is 2.77. The SMILES string of the molecule is CCCCC(=O)N(C)C1CCN(c2ccc(N)cn2)CC1. The van der Waals surface area contributed by atoms with Gasteiger partial charge in [-0.25, -0.2) is 4.98 Å². The monoisotopic (exact) mass is 290 g/mol. The first-order valence-electron chi connectivity index (χ1n) is 7.84. The van der Waals surface area contributed by atoms with Crippen LogP contribution >= 0.6 is 0 Å². The maximum absolute atomic E-state index is 12.1. The van der Waals surface area contributed by atoms with Crippen LogP contribution in [-0.2, 0) is 4.79 Å². The standard InChI is InChI=1S/C16H26N4O/c1-3-4-5-16(21)19(2)14-8-10-20(11-9-14)15-7-6-13(17)12-18-15/h6-7,12,14H,3-5,8-11,17H2,1-2H3. The van der Waals surface area contributed by atoms with Gasteiger partial charge >= 0.3 is 0 Å². The molecule has 5 nitrogen and oxygen atoms in total. The van der Waals surface area contributed by atoms with Gasteiger partial charge in [-0.1, -0.05) is 13.3 Å². The van der Waals surface area contributed by atoms with Gasteiger partial charge in [0.05, 0.1) is 11.9 Å². The normalized spacial score (nSPS) is 16.0. The lowest BCUT2D eigenvalue weighted by molar-refractivity contribution is -0.132. The smallest absolute Gasteiger partial charge is 0.222 e. The highest BCUT2D eigenvalue weighted by molar-refractivity contribution is 5.76. The van der Waals surface area contributed by atoms with Crippen molar-refractivity contribution >= 4 is 17.4 Å². The molecule has 0 atom stereocenters. The van der Waals surface area contributed by atoms with E-state index in [4.69, 9.17) is 5.73 Å². The van der Waals surface area contributed by atoms with Crippen molar-refractivity contribution < 1.29 is 4.79 Å². The Morgan fingerprint density at radius 2 is 2.14 bits per heavy atom. The Morgan fingerprint density at radius 1 is 1.43 bits per heavy atom. The first kappa shape index (κ1) is 15.6. The fourth-order valence-electron chi connectivity index (χ4n) is 2.77. The third kappa shape index (κ3) is 4.09. The second-order valence-electron chi connectivity index (χ2n) is 5.78. The van der Waals surface area contributed by atoms with E-state index in [9.17, 15) is 4.79 Å². The van der Waals surface area contributed by atoms with Crippen molar-refractivity contribution in [1.29, 1.82) is 0 Å². The number of hydrogen-bond acceptors (Lipinski definition) is 4. The number of pyridine rings is 1. The summed E-state index contributed by atoms with van der Waals surface area (Å²) >= 11 is 0. The number of carbonyl (C=O) groups is 1. The number of nitrogen functional groups attached to an aromatic ring is 1. The molecule has 21 heavy (non-hydrogen) atoms. The third-order valence-corrected chi connectivity index (χ3v) is 4.24. The molecule has 1 aliphatic heterocycles. The summed E-state index contributed by atoms with van der Waals surface area (Å²) in [6, 6.07) is 4.21. The maximum Gasteiger partial charge on any atom is 0.222 e. The first-order valence-corrected chi connectivity index (χ1v) is 7.84. The second-order valence-corrected chi connectivity index (χ2v) is 5.78. The van der Waals surface area contributed by atoms with Crippen LogP contribution in [0.15, 0.2) is 18.3 Å². The zero-order valence-corrected chi connectivity index (χ0v) is 13.1. The molecule has 0 saturated carbocycles. The van der Waals surface area contributed by atoms with E-state index in [-0.39, 0.29) is 5.91 Å². The molecule has 116 valence electrons. The van der Waals surface area contributed by atoms with Crippen LogP contribution in [0.2, 0.25) is 0 Å². The molecular formula is C16H26N4O. The van der Waals surface area contributed by atoms with Crippen molar-refractivity contribution in [3.63, 3.8) is 0 Å². The number of nitrogens with zero attached hydrogens (tertiary/aromatic N) is 3. The average molecular weight is 290 g/mol. The van der Waals surface area contributed by atoms with Gasteiger partial charge in [-0.05, 0) is 31.4 Å². The van der Waals surface area contributed by atoms with Gasteiger partial charge in [0.25, 0.3) is 0 Å². The van der Waals surface area contributed by atoms with Crippen molar-refractivity contribution in [2.45, 2.75) is 45.1 Å². The van der Waals surface area contributed by atoms with Crippen molar-refractivity contribution in [2.24, 2.45) is 0 Å². The molecule has 1 fully saturated rings. The van der Waals surface area contributed by atoms with Crippen LogP contribution in [-0.4, -0.2) is 42.0 Å². The van der Waals surface area contributed by atoms with E-state index in [1.807, 2.05) is 24.1 Å². The van der Waals surface area contributed by atoms with E-state index < -0.39 is 0 Å². The van der Waals surface area contributed by atoms with Crippen LogP contribution in [0.25, 0.3) is 0 Å². The molecule has 0 unspecified atom stereocenters. The lowest BCUT2D eigenvalue weighted by Crippen LogP contribution is -2.45. The van der Waals surface area contributed by atoms with Gasteiger partial charge in [0.15, 0.2) is 0 Å². The first-order chi connectivity index (χ1) is 10.1. The quantitative estimate of drug-likeness (QED) is 0.903. The zero-order valence-electron chi connectivity index (χ0n) is 13.1. The summed E-state index contributed by atoms with van der Waals surface area (Å²) < 4.78 is 0. The highest BCUT2D eigenvalue weighted by Gasteiger charge is 2.25. The molecule has 0 aliphatic carbocycles. The minimum absolute atomic E-state index is 0.279. The Morgan fingerprint density at radius 3 is 2.71 bits per heavy atom. The Hall–Kier alpha value is -1.78. The number of anilines is 2. The molecule has 5 heteroatoms. The molecule has 1 amide bonds. The average Bonchev–Trinajstić information content (AvgIpc) is 2.53. The van der Waals surface area contributed by atoms with Crippen molar-refractivity contribution in [3.05, 3.63) is 18.3 Å². The van der Waals surface area contributed by atoms with Gasteiger partial charge in [-0.3, -0.25) is 4.79 Å². The number of piperidine rings is 1. The lowest BCUT2D eigenvalue weighted by Gasteiger charge is -2.37. The number of nitrogens with two attached hydrogens (primary N) is 1. The molecule has 0 aromatic carbocycles. The highest BCUT2D eigenvalue weighted by atomic mass is 16.2. The molecule has 1 aromatic rings. The minimum Gasteiger partial charge on any atom is -0.397 e. The fraction of sp³-hybridized carbons (Fsp3) is 0.625. The van der Waals surface area contributed by atoms with E-state index in [0.29, 0.717) is 18.2 Å². The summed E-state index contributed by atoms with van der Waals surface area (Å²) in [4.78, 5) is 20.7. The van der Waals surface area contributed by atoms with Gasteiger partial charge in [-0.15, -0.1) is 0 Å². The van der Waals surface area contributed by atoms with Crippen LogP contribution in [0, 0.1) is 0 Å². The van der Waals surface area contributed by atoms with E-state index in [1.54, 1.807) is 6.20 Å². The number of aromatic nitrogens is 1. The Labute approximate surface area is 127 Å². The summed E-state index contributed by atoms with van der Waals surface area (Å²) in [5.74, 6) is 1.25. The molecule has 2 N–H and O–H groups in total. The zero-order chi connectivity index (χ0) is 15.2. The second kappa shape index (κ2) is 7.29. The number of rotatable bonds is 5. The number of unbranched alkanes of at least 4 members (excludes halogenated alkanes) is 1. The predicted octanol–water partition coefficient (Wildman–Crippen LogP) is 2.28. The lowest BCUT2D eigenvalue weighted by atomic mass is 10.0. The summed E-state index contributed by atoms with van der Waals surface area (Å²) in [5.41, 5.74) is 6.36. The molecule has 0 radical (unpaired) electrons. The maximum atomic E-state index is 12.1. The van der Waals surface area contributed by atoms with Crippen LogP contribution in [0.3, 0.4) is 0 Å². The minimum atomic E-state index is 0.279. The Kier molecular flexibility index (Phi) is 5.42. The van der Waals surface area contributed by atoms with Crippen molar-refractivity contribution in [2.75, 3.05) is 30.8 Å². The van der Waals surface area contributed by atoms with Gasteiger partial charge in [0.1, 0.15) is 5.82 Å². The van der Waals surface area contributed by atoms with Crippen LogP contribution in [0.4, 0.5) is 11.5 Å². The number of hydrogen-bond donors (Lipinski definition) is 1. The van der Waals surface area contributed by atoms with E-state index in [0.717, 1.165) is 44.6 Å². The highest BCUT2D eigenvalue weighted by Crippen LogP contribution is 2.21. The van der Waals surface area contributed by atoms with E-state index in [1.165, 1.54) is 0 Å². The molecular weight excluding hydrogens is 264 g/mol. The largest absolute Gasteiger partial charge is 0.397 e. The molecule has 1 aliphatic rings. The number of carbonyl (C=O) groups excluding carboxylic acids is 1.